The van der Waals surface area contributed by atoms with E-state index in [0.29, 0.717) is 39.1 Å². The summed E-state index contributed by atoms with van der Waals surface area (Å²) in [6.45, 7) is 6.69. The van der Waals surface area contributed by atoms with Gasteiger partial charge in [-0.25, -0.2) is 4.79 Å². The number of rotatable bonds is 3. The van der Waals surface area contributed by atoms with Gasteiger partial charge in [0.15, 0.2) is 0 Å². The van der Waals surface area contributed by atoms with Gasteiger partial charge in [0.1, 0.15) is 0 Å². The highest BCUT2D eigenvalue weighted by atomic mass is 32.2. The number of carbonyl (C=O) groups is 2. The lowest BCUT2D eigenvalue weighted by Crippen LogP contribution is -2.53. The molecule has 2 saturated heterocycles. The van der Waals surface area contributed by atoms with Gasteiger partial charge in [-0.05, 0) is 26.7 Å². The Morgan fingerprint density at radius 3 is 2.57 bits per heavy atom. The van der Waals surface area contributed by atoms with Crippen molar-refractivity contribution in [2.45, 2.75) is 31.4 Å². The van der Waals surface area contributed by atoms with Gasteiger partial charge in [-0.1, -0.05) is 0 Å². The molecule has 21 heavy (non-hydrogen) atoms. The molecular formula is C14H24N2O4S. The van der Waals surface area contributed by atoms with Crippen LogP contribution in [0.5, 0.6) is 0 Å². The molecule has 0 bridgehead atoms. The molecule has 120 valence electrons. The maximum atomic E-state index is 12.3. The van der Waals surface area contributed by atoms with Crippen LogP contribution in [0.1, 0.15) is 26.7 Å². The van der Waals surface area contributed by atoms with E-state index in [9.17, 15) is 14.7 Å². The van der Waals surface area contributed by atoms with Gasteiger partial charge in [0.05, 0.1) is 5.41 Å². The van der Waals surface area contributed by atoms with Crippen LogP contribution in [0.25, 0.3) is 0 Å². The van der Waals surface area contributed by atoms with Gasteiger partial charge in [0.2, 0.25) is 0 Å². The van der Waals surface area contributed by atoms with E-state index in [1.54, 1.807) is 4.90 Å². The Bertz CT molecular complexity index is 408. The van der Waals surface area contributed by atoms with Gasteiger partial charge < -0.3 is 20.1 Å². The molecule has 2 heterocycles. The lowest BCUT2D eigenvalue weighted by Gasteiger charge is -2.38. The van der Waals surface area contributed by atoms with Crippen LogP contribution in [0.2, 0.25) is 0 Å². The Kier molecular flexibility index (Phi) is 5.03. The zero-order valence-electron chi connectivity index (χ0n) is 12.7. The van der Waals surface area contributed by atoms with E-state index in [-0.39, 0.29) is 17.3 Å². The second kappa shape index (κ2) is 6.44. The van der Waals surface area contributed by atoms with Crippen molar-refractivity contribution in [3.05, 3.63) is 0 Å². The first kappa shape index (κ1) is 16.4. The summed E-state index contributed by atoms with van der Waals surface area (Å²) >= 11 is 1.86. The van der Waals surface area contributed by atoms with Crippen LogP contribution in [0.4, 0.5) is 4.79 Å². The number of carboxylic acid groups (broad SMARTS) is 1. The summed E-state index contributed by atoms with van der Waals surface area (Å²) in [4.78, 5) is 25.6. The van der Waals surface area contributed by atoms with Crippen LogP contribution in [0.3, 0.4) is 0 Å². The molecule has 0 atom stereocenters. The molecule has 0 spiro atoms. The third-order valence-electron chi connectivity index (χ3n) is 4.19. The van der Waals surface area contributed by atoms with Crippen molar-refractivity contribution in [1.29, 1.82) is 0 Å². The molecule has 2 N–H and O–H groups in total. The van der Waals surface area contributed by atoms with E-state index in [1.165, 1.54) is 0 Å². The van der Waals surface area contributed by atoms with E-state index < -0.39 is 11.4 Å². The maximum absolute atomic E-state index is 12.3. The first-order valence-electron chi connectivity index (χ1n) is 7.33. The van der Waals surface area contributed by atoms with E-state index >= 15 is 0 Å². The molecule has 0 saturated carbocycles. The van der Waals surface area contributed by atoms with Crippen molar-refractivity contribution in [3.8, 4) is 0 Å². The number of carboxylic acids is 1. The Labute approximate surface area is 129 Å². The molecule has 0 aliphatic carbocycles. The smallest absolute Gasteiger partial charge is 0.317 e. The van der Waals surface area contributed by atoms with Gasteiger partial charge in [0.25, 0.3) is 0 Å². The predicted octanol–water partition coefficient (Wildman–Crippen LogP) is 1.40. The number of thioether (sulfide) groups is 1. The fraction of sp³-hybridized carbons (Fsp3) is 0.857. The Balaban J connectivity index is 1.91. The molecule has 0 aromatic carbocycles. The molecule has 0 aromatic rings. The summed E-state index contributed by atoms with van der Waals surface area (Å²) in [6, 6.07) is -0.157. The number of urea groups is 1. The molecule has 2 fully saturated rings. The first-order chi connectivity index (χ1) is 9.85. The molecule has 6 nitrogen and oxygen atoms in total. The van der Waals surface area contributed by atoms with Crippen LogP contribution >= 0.6 is 11.8 Å². The molecule has 2 amide bonds. The molecule has 2 aliphatic heterocycles. The molecular weight excluding hydrogens is 292 g/mol. The van der Waals surface area contributed by atoms with Crippen LogP contribution < -0.4 is 5.32 Å². The fourth-order valence-corrected chi connectivity index (χ4v) is 3.89. The summed E-state index contributed by atoms with van der Waals surface area (Å²) < 4.78 is 5.29. The number of hydrogen-bond donors (Lipinski definition) is 2. The van der Waals surface area contributed by atoms with Crippen molar-refractivity contribution >= 4 is 23.8 Å². The summed E-state index contributed by atoms with van der Waals surface area (Å²) in [7, 11) is 0. The Morgan fingerprint density at radius 1 is 1.33 bits per heavy atom. The maximum Gasteiger partial charge on any atom is 0.317 e. The van der Waals surface area contributed by atoms with Crippen LogP contribution in [-0.2, 0) is 9.53 Å². The van der Waals surface area contributed by atoms with Gasteiger partial charge in [-0.3, -0.25) is 4.79 Å². The minimum atomic E-state index is -0.881. The van der Waals surface area contributed by atoms with Crippen molar-refractivity contribution in [2.75, 3.05) is 38.6 Å². The van der Waals surface area contributed by atoms with Crippen LogP contribution in [-0.4, -0.2) is 65.4 Å². The number of nitrogens with one attached hydrogen (secondary N) is 1. The van der Waals surface area contributed by atoms with Gasteiger partial charge in [0, 0.05) is 43.3 Å². The minimum absolute atomic E-state index is 0.0543. The molecule has 0 unspecified atom stereocenters. The normalized spacial score (nSPS) is 24.4. The number of nitrogens with zero attached hydrogens (tertiary/aromatic N) is 1. The quantitative estimate of drug-likeness (QED) is 0.823. The number of carbonyl (C=O) groups excluding carboxylic acids is 1. The monoisotopic (exact) mass is 316 g/mol. The van der Waals surface area contributed by atoms with Gasteiger partial charge >= 0.3 is 12.0 Å². The van der Waals surface area contributed by atoms with Gasteiger partial charge in [-0.2, -0.15) is 11.8 Å². The first-order valence-corrected chi connectivity index (χ1v) is 8.31. The van der Waals surface area contributed by atoms with E-state index in [4.69, 9.17) is 4.74 Å². The van der Waals surface area contributed by atoms with Gasteiger partial charge in [-0.15, -0.1) is 0 Å². The summed E-state index contributed by atoms with van der Waals surface area (Å²) in [6.07, 6.45) is 0.897. The lowest BCUT2D eigenvalue weighted by atomic mass is 9.80. The minimum Gasteiger partial charge on any atom is -0.481 e. The summed E-state index contributed by atoms with van der Waals surface area (Å²) in [5.41, 5.74) is -0.881. The summed E-state index contributed by atoms with van der Waals surface area (Å²) in [5, 5.41) is 12.3. The zero-order chi connectivity index (χ0) is 15.5. The number of aliphatic carboxylic acids is 1. The number of hydrogen-bond acceptors (Lipinski definition) is 4. The van der Waals surface area contributed by atoms with Crippen molar-refractivity contribution in [1.82, 2.24) is 10.2 Å². The highest BCUT2D eigenvalue weighted by Gasteiger charge is 2.41. The zero-order valence-corrected chi connectivity index (χ0v) is 13.5. The van der Waals surface area contributed by atoms with Crippen LogP contribution in [0, 0.1) is 5.41 Å². The fourth-order valence-electron chi connectivity index (χ4n) is 2.77. The second-order valence-electron chi connectivity index (χ2n) is 6.39. The van der Waals surface area contributed by atoms with Crippen molar-refractivity contribution in [3.63, 3.8) is 0 Å². The van der Waals surface area contributed by atoms with Crippen molar-refractivity contribution in [2.24, 2.45) is 5.41 Å². The van der Waals surface area contributed by atoms with E-state index in [0.717, 1.165) is 5.75 Å². The molecule has 7 heteroatoms. The van der Waals surface area contributed by atoms with E-state index in [1.807, 2.05) is 11.8 Å². The second-order valence-corrected chi connectivity index (χ2v) is 8.19. The highest BCUT2D eigenvalue weighted by molar-refractivity contribution is 8.00. The van der Waals surface area contributed by atoms with E-state index in [2.05, 4.69) is 19.2 Å². The molecule has 0 aromatic heterocycles. The highest BCUT2D eigenvalue weighted by Crippen LogP contribution is 2.31. The largest absolute Gasteiger partial charge is 0.481 e. The average Bonchev–Trinajstić information content (AvgIpc) is 2.44. The Morgan fingerprint density at radius 2 is 2.00 bits per heavy atom. The molecule has 0 radical (unpaired) electrons. The predicted molar refractivity (Wildman–Crippen MR) is 81.6 cm³/mol. The molecule has 2 aliphatic rings. The number of amides is 2. The Hall–Kier alpha value is -0.950. The third-order valence-corrected chi connectivity index (χ3v) is 5.49. The van der Waals surface area contributed by atoms with Crippen molar-refractivity contribution < 1.29 is 19.4 Å². The topological polar surface area (TPSA) is 78.9 Å². The summed E-state index contributed by atoms with van der Waals surface area (Å²) in [5.74, 6) is 0.0684. The lowest BCUT2D eigenvalue weighted by molar-refractivity contribution is -0.154. The molecule has 2 rings (SSSR count). The standard InChI is InChI=1S/C14H24N2O4S/c1-13(2)10-16(5-8-21-13)12(19)15-9-14(11(17)18)3-6-20-7-4-14/h3-10H2,1-2H3,(H,15,19)(H,17,18). The van der Waals surface area contributed by atoms with Crippen LogP contribution in [0.15, 0.2) is 0 Å². The average molecular weight is 316 g/mol. The third kappa shape index (κ3) is 4.03. The number of ether oxygens (including phenoxy) is 1. The SMILES string of the molecule is CC1(C)CN(C(=O)NCC2(C(=O)O)CCOCC2)CCS1.